The number of hydrogen-bond acceptors (Lipinski definition) is 13. The molecule has 1 heterocycles. The van der Waals surface area contributed by atoms with Crippen LogP contribution in [0.2, 0.25) is 0 Å². The highest BCUT2D eigenvalue weighted by atomic mass is 16.6. The molecule has 9 atom stereocenters. The minimum absolute atomic E-state index is 0.0396. The third-order valence-electron chi connectivity index (χ3n) is 11.4. The SMILES string of the molecule is CCCCCCCC(=O)O[C@H]1C[C@@H](C)[C@]23OC(C)(C)[C@H]([C@@H](OC(=O)c4ccccc4)[C@@H](OC(C)=O)[C@]2(COC(C)=O)[C@H]1OC(=O)c1ccccc1)[C@H]3OC(C)=O. The Kier molecular flexibility index (Phi) is 13.3. The Balaban J connectivity index is 1.77. The number of hydrogen-bond donors (Lipinski definition) is 0. The summed E-state index contributed by atoms with van der Waals surface area (Å²) < 4.78 is 44.5. The number of unbranched alkanes of at least 4 members (excludes halogenated alkanes) is 4. The molecule has 1 saturated heterocycles. The van der Waals surface area contributed by atoms with E-state index in [1.807, 2.05) is 0 Å². The number of rotatable bonds is 15. The predicted molar refractivity (Wildman–Crippen MR) is 200 cm³/mol. The highest BCUT2D eigenvalue weighted by Gasteiger charge is 2.85. The van der Waals surface area contributed by atoms with Crippen molar-refractivity contribution in [3.63, 3.8) is 0 Å². The van der Waals surface area contributed by atoms with E-state index < -0.39 is 101 Å². The minimum atomic E-state index is -2.02. The van der Waals surface area contributed by atoms with Crippen LogP contribution in [-0.4, -0.2) is 84.1 Å². The standard InChI is InChI=1S/C43H54O13/c1-8-9-10-11-18-23-33(47)53-32-24-26(2)43-37(51-28(4)45)34(41(6,7)56-43)35(54-39(48)30-19-14-12-15-20-30)38(52-29(5)46)42(43,25-50-27(3)44)36(32)55-40(49)31-21-16-13-17-22-31/h12-17,19-22,26,32,34-38H,8-11,18,23-25H2,1-7H3/t26-,32+,34-,35-,36+,37-,38-,42+,43-/m1/s1. The van der Waals surface area contributed by atoms with E-state index in [2.05, 4.69) is 6.92 Å². The van der Waals surface area contributed by atoms with Crippen molar-refractivity contribution in [2.24, 2.45) is 17.3 Å². The van der Waals surface area contributed by atoms with E-state index in [0.717, 1.165) is 25.7 Å². The summed E-state index contributed by atoms with van der Waals surface area (Å²) >= 11 is 0. The van der Waals surface area contributed by atoms with Crippen molar-refractivity contribution in [2.75, 3.05) is 6.61 Å². The first-order valence-corrected chi connectivity index (χ1v) is 19.5. The first-order valence-electron chi connectivity index (χ1n) is 19.5. The number of carbonyl (C=O) groups is 6. The average molecular weight is 779 g/mol. The lowest BCUT2D eigenvalue weighted by molar-refractivity contribution is -0.328. The minimum Gasteiger partial charge on any atom is -0.465 e. The molecule has 56 heavy (non-hydrogen) atoms. The third kappa shape index (κ3) is 8.33. The van der Waals surface area contributed by atoms with Crippen LogP contribution < -0.4 is 0 Å². The summed E-state index contributed by atoms with van der Waals surface area (Å²) in [5.41, 5.74) is -4.72. The Labute approximate surface area is 328 Å². The molecule has 2 aromatic rings. The topological polar surface area (TPSA) is 167 Å². The summed E-state index contributed by atoms with van der Waals surface area (Å²) in [5, 5.41) is 0. The Bertz CT molecular complexity index is 1740. The number of esters is 6. The summed E-state index contributed by atoms with van der Waals surface area (Å²) in [6, 6.07) is 16.3. The Hall–Kier alpha value is -4.78. The van der Waals surface area contributed by atoms with E-state index in [1.165, 1.54) is 20.8 Å². The van der Waals surface area contributed by atoms with Crippen LogP contribution in [0.3, 0.4) is 0 Å². The second-order valence-electron chi connectivity index (χ2n) is 15.7. The summed E-state index contributed by atoms with van der Waals surface area (Å²) in [5.74, 6) is -6.08. The van der Waals surface area contributed by atoms with Crippen LogP contribution in [0.25, 0.3) is 0 Å². The van der Waals surface area contributed by atoms with Gasteiger partial charge in [-0.2, -0.15) is 0 Å². The predicted octanol–water partition coefficient (Wildman–Crippen LogP) is 6.34. The van der Waals surface area contributed by atoms with Gasteiger partial charge in [0.05, 0.1) is 22.6 Å². The van der Waals surface area contributed by atoms with Gasteiger partial charge in [-0.1, -0.05) is 75.9 Å². The summed E-state index contributed by atoms with van der Waals surface area (Å²) in [6.45, 7) is 10.3. The molecule has 0 aromatic heterocycles. The maximum atomic E-state index is 14.2. The van der Waals surface area contributed by atoms with Crippen LogP contribution in [-0.2, 0) is 52.3 Å². The smallest absolute Gasteiger partial charge is 0.338 e. The van der Waals surface area contributed by atoms with Crippen molar-refractivity contribution in [1.82, 2.24) is 0 Å². The van der Waals surface area contributed by atoms with Gasteiger partial charge in [0.15, 0.2) is 12.2 Å². The van der Waals surface area contributed by atoms with E-state index in [1.54, 1.807) is 81.4 Å². The molecule has 2 aromatic carbocycles. The van der Waals surface area contributed by atoms with Crippen LogP contribution in [0.1, 0.15) is 114 Å². The van der Waals surface area contributed by atoms with Gasteiger partial charge in [-0.05, 0) is 56.9 Å². The molecule has 0 unspecified atom stereocenters. The lowest BCUT2D eigenvalue weighted by Crippen LogP contribution is -2.81. The van der Waals surface area contributed by atoms with Gasteiger partial charge < -0.3 is 33.2 Å². The molecule has 0 N–H and O–H groups in total. The molecular weight excluding hydrogens is 724 g/mol. The molecule has 3 aliphatic rings. The van der Waals surface area contributed by atoms with E-state index in [-0.39, 0.29) is 24.0 Å². The number of carbonyl (C=O) groups excluding carboxylic acids is 6. The monoisotopic (exact) mass is 778 g/mol. The molecule has 2 bridgehead atoms. The van der Waals surface area contributed by atoms with Gasteiger partial charge >= 0.3 is 35.8 Å². The van der Waals surface area contributed by atoms with Crippen molar-refractivity contribution in [3.05, 3.63) is 71.8 Å². The third-order valence-corrected chi connectivity index (χ3v) is 11.4. The largest absolute Gasteiger partial charge is 0.465 e. The number of fused-ring (bicyclic) bond motifs is 1. The Morgan fingerprint density at radius 2 is 1.23 bits per heavy atom. The first kappa shape index (κ1) is 42.4. The van der Waals surface area contributed by atoms with Crippen LogP contribution in [0.15, 0.2) is 60.7 Å². The fourth-order valence-electron chi connectivity index (χ4n) is 9.27. The van der Waals surface area contributed by atoms with E-state index in [4.69, 9.17) is 33.2 Å². The summed E-state index contributed by atoms with van der Waals surface area (Å²) in [6.07, 6.45) is -2.54. The van der Waals surface area contributed by atoms with Crippen LogP contribution in [0.5, 0.6) is 0 Å². The normalized spacial score (nSPS) is 29.9. The molecule has 304 valence electrons. The van der Waals surface area contributed by atoms with E-state index >= 15 is 0 Å². The van der Waals surface area contributed by atoms with Gasteiger partial charge in [0.25, 0.3) is 0 Å². The fraction of sp³-hybridized carbons (Fsp3) is 0.581. The van der Waals surface area contributed by atoms with Gasteiger partial charge in [0.1, 0.15) is 35.9 Å². The lowest BCUT2D eigenvalue weighted by atomic mass is 9.47. The zero-order chi connectivity index (χ0) is 40.8. The number of ether oxygens (including phenoxy) is 7. The zero-order valence-corrected chi connectivity index (χ0v) is 33.3. The molecule has 2 saturated carbocycles. The first-order chi connectivity index (χ1) is 26.6. The molecule has 0 amide bonds. The fourth-order valence-corrected chi connectivity index (χ4v) is 9.27. The molecule has 1 spiro atoms. The zero-order valence-electron chi connectivity index (χ0n) is 33.3. The number of benzene rings is 2. The maximum absolute atomic E-state index is 14.2. The highest BCUT2D eigenvalue weighted by molar-refractivity contribution is 5.90. The molecule has 1 aliphatic heterocycles. The quantitative estimate of drug-likeness (QED) is 0.112. The van der Waals surface area contributed by atoms with Crippen LogP contribution in [0, 0.1) is 17.3 Å². The van der Waals surface area contributed by atoms with Gasteiger partial charge in [0.2, 0.25) is 0 Å². The van der Waals surface area contributed by atoms with Crippen molar-refractivity contribution in [3.8, 4) is 0 Å². The van der Waals surface area contributed by atoms with Gasteiger partial charge in [-0.3, -0.25) is 19.2 Å². The molecular formula is C43H54O13. The lowest BCUT2D eigenvalue weighted by Gasteiger charge is -2.64. The van der Waals surface area contributed by atoms with Crippen molar-refractivity contribution >= 4 is 35.8 Å². The molecule has 5 rings (SSSR count). The maximum Gasteiger partial charge on any atom is 0.338 e. The van der Waals surface area contributed by atoms with Crippen molar-refractivity contribution in [1.29, 1.82) is 0 Å². The summed E-state index contributed by atoms with van der Waals surface area (Å²) in [4.78, 5) is 81.2. The van der Waals surface area contributed by atoms with Crippen LogP contribution >= 0.6 is 0 Å². The molecule has 0 radical (unpaired) electrons. The van der Waals surface area contributed by atoms with Crippen molar-refractivity contribution < 1.29 is 61.9 Å². The molecule has 3 fully saturated rings. The summed E-state index contributed by atoms with van der Waals surface area (Å²) in [7, 11) is 0. The van der Waals surface area contributed by atoms with E-state index in [0.29, 0.717) is 6.42 Å². The molecule has 13 heteroatoms. The Morgan fingerprint density at radius 1 is 0.679 bits per heavy atom. The second kappa shape index (κ2) is 17.6. The average Bonchev–Trinajstić information content (AvgIpc) is 3.34. The van der Waals surface area contributed by atoms with Crippen molar-refractivity contribution in [2.45, 2.75) is 135 Å². The highest BCUT2D eigenvalue weighted by Crippen LogP contribution is 2.68. The Morgan fingerprint density at radius 3 is 1.79 bits per heavy atom. The molecule has 2 aliphatic carbocycles. The molecule has 13 nitrogen and oxygen atoms in total. The van der Waals surface area contributed by atoms with Gasteiger partial charge in [0, 0.05) is 27.2 Å². The van der Waals surface area contributed by atoms with Crippen LogP contribution in [0.4, 0.5) is 0 Å². The van der Waals surface area contributed by atoms with E-state index in [9.17, 15) is 28.8 Å². The van der Waals surface area contributed by atoms with Gasteiger partial charge in [-0.25, -0.2) is 9.59 Å². The second-order valence-corrected chi connectivity index (χ2v) is 15.7. The van der Waals surface area contributed by atoms with Gasteiger partial charge in [-0.15, -0.1) is 0 Å².